The van der Waals surface area contributed by atoms with E-state index in [1.807, 2.05) is 11.8 Å². The van der Waals surface area contributed by atoms with Gasteiger partial charge in [0.2, 0.25) is 0 Å². The van der Waals surface area contributed by atoms with Crippen LogP contribution in [0.3, 0.4) is 0 Å². The first-order chi connectivity index (χ1) is 9.85. The topological polar surface area (TPSA) is 4.93 Å². The molecule has 0 fully saturated rings. The molecule has 1 aromatic heterocycles. The molecule has 0 radical (unpaired) electrons. The highest BCUT2D eigenvalue weighted by Gasteiger charge is 2.09. The van der Waals surface area contributed by atoms with E-state index in [9.17, 15) is 0 Å². The molecule has 2 heteroatoms. The number of benzene rings is 2. The van der Waals surface area contributed by atoms with Crippen molar-refractivity contribution in [3.05, 3.63) is 42.5 Å². The van der Waals surface area contributed by atoms with Crippen molar-refractivity contribution >= 4 is 33.6 Å². The van der Waals surface area contributed by atoms with Crippen LogP contribution in [-0.4, -0.2) is 10.3 Å². The first-order valence-electron chi connectivity index (χ1n) is 7.49. The Morgan fingerprint density at radius 2 is 1.75 bits per heavy atom. The molecule has 0 unspecified atom stereocenters. The van der Waals surface area contributed by atoms with Crippen molar-refractivity contribution in [1.29, 1.82) is 0 Å². The van der Waals surface area contributed by atoms with Gasteiger partial charge in [0.15, 0.2) is 0 Å². The van der Waals surface area contributed by atoms with Gasteiger partial charge in [0, 0.05) is 33.2 Å². The van der Waals surface area contributed by atoms with Crippen LogP contribution in [0, 0.1) is 0 Å². The summed E-state index contributed by atoms with van der Waals surface area (Å²) in [6, 6.07) is 15.7. The quantitative estimate of drug-likeness (QED) is 0.429. The van der Waals surface area contributed by atoms with Crippen LogP contribution in [0.1, 0.15) is 26.7 Å². The third kappa shape index (κ3) is 2.33. The van der Waals surface area contributed by atoms with Gasteiger partial charge in [0.1, 0.15) is 0 Å². The number of unbranched alkanes of at least 4 members (excludes halogenated alkanes) is 1. The predicted molar refractivity (Wildman–Crippen MR) is 90.8 cm³/mol. The van der Waals surface area contributed by atoms with E-state index in [0.29, 0.717) is 0 Å². The summed E-state index contributed by atoms with van der Waals surface area (Å²) in [7, 11) is 0. The molecule has 3 aromatic rings. The van der Waals surface area contributed by atoms with E-state index < -0.39 is 0 Å². The summed E-state index contributed by atoms with van der Waals surface area (Å²) in [5.74, 6) is 1.22. The lowest BCUT2D eigenvalue weighted by Gasteiger charge is -2.04. The first kappa shape index (κ1) is 13.6. The van der Waals surface area contributed by atoms with Gasteiger partial charge in [0.25, 0.3) is 0 Å². The van der Waals surface area contributed by atoms with E-state index in [1.54, 1.807) is 0 Å². The number of fused-ring (bicyclic) bond motifs is 3. The van der Waals surface area contributed by atoms with Crippen molar-refractivity contribution in [2.24, 2.45) is 0 Å². The lowest BCUT2D eigenvalue weighted by atomic mass is 10.1. The van der Waals surface area contributed by atoms with Crippen LogP contribution < -0.4 is 0 Å². The maximum absolute atomic E-state index is 2.41. The van der Waals surface area contributed by atoms with Gasteiger partial charge in [-0.2, -0.15) is 0 Å². The maximum Gasteiger partial charge on any atom is 0.0492 e. The van der Waals surface area contributed by atoms with Crippen LogP contribution in [0.5, 0.6) is 0 Å². The van der Waals surface area contributed by atoms with Gasteiger partial charge < -0.3 is 4.57 Å². The molecule has 1 heterocycles. The smallest absolute Gasteiger partial charge is 0.0492 e. The molecule has 1 nitrogen and oxygen atoms in total. The van der Waals surface area contributed by atoms with Gasteiger partial charge >= 0.3 is 0 Å². The summed E-state index contributed by atoms with van der Waals surface area (Å²) < 4.78 is 2.41. The molecule has 2 aromatic carbocycles. The summed E-state index contributed by atoms with van der Waals surface area (Å²) in [6.45, 7) is 5.49. The van der Waals surface area contributed by atoms with Crippen LogP contribution in [0.25, 0.3) is 21.8 Å². The van der Waals surface area contributed by atoms with Gasteiger partial charge in [-0.05, 0) is 43.4 Å². The Hall–Kier alpha value is -1.41. The largest absolute Gasteiger partial charge is 0.341 e. The number of nitrogens with zero attached hydrogens (tertiary/aromatic N) is 1. The lowest BCUT2D eigenvalue weighted by molar-refractivity contribution is 0.827. The average molecular weight is 283 g/mol. The second-order valence-corrected chi connectivity index (χ2v) is 6.31. The summed E-state index contributed by atoms with van der Waals surface area (Å²) in [5, 5.41) is 2.77. The van der Waals surface area contributed by atoms with Gasteiger partial charge in [-0.25, -0.2) is 0 Å². The number of para-hydroxylation sites is 1. The zero-order chi connectivity index (χ0) is 13.9. The predicted octanol–water partition coefficient (Wildman–Crippen LogP) is 5.71. The molecule has 0 spiro atoms. The number of hydrogen-bond donors (Lipinski definition) is 0. The fourth-order valence-corrected chi connectivity index (χ4v) is 3.83. The molecule has 0 atom stereocenters. The highest BCUT2D eigenvalue weighted by atomic mass is 32.2. The van der Waals surface area contributed by atoms with Crippen molar-refractivity contribution in [2.45, 2.75) is 38.1 Å². The van der Waals surface area contributed by atoms with Crippen molar-refractivity contribution in [1.82, 2.24) is 4.57 Å². The molecular weight excluding hydrogens is 262 g/mol. The van der Waals surface area contributed by atoms with Gasteiger partial charge in [-0.15, -0.1) is 11.8 Å². The molecule has 0 saturated carbocycles. The summed E-state index contributed by atoms with van der Waals surface area (Å²) in [4.78, 5) is 1.39. The second kappa shape index (κ2) is 5.92. The maximum atomic E-state index is 2.41. The SMILES string of the molecule is CCCCSc1ccc2c(c1)c1ccccc1n2CC. The Morgan fingerprint density at radius 1 is 0.950 bits per heavy atom. The molecule has 0 aliphatic rings. The van der Waals surface area contributed by atoms with Gasteiger partial charge in [-0.1, -0.05) is 31.5 Å². The first-order valence-corrected chi connectivity index (χ1v) is 8.47. The number of aromatic nitrogens is 1. The van der Waals surface area contributed by atoms with Crippen molar-refractivity contribution in [3.63, 3.8) is 0 Å². The molecule has 0 amide bonds. The zero-order valence-corrected chi connectivity index (χ0v) is 13.0. The van der Waals surface area contributed by atoms with Crippen LogP contribution in [0.15, 0.2) is 47.4 Å². The fourth-order valence-electron chi connectivity index (χ4n) is 2.80. The van der Waals surface area contributed by atoms with Crippen molar-refractivity contribution in [2.75, 3.05) is 5.75 Å². The van der Waals surface area contributed by atoms with Crippen LogP contribution in [0.2, 0.25) is 0 Å². The Bertz CT molecular complexity index is 727. The van der Waals surface area contributed by atoms with E-state index in [4.69, 9.17) is 0 Å². The summed E-state index contributed by atoms with van der Waals surface area (Å²) in [5.41, 5.74) is 2.70. The Balaban J connectivity index is 2.11. The van der Waals surface area contributed by atoms with E-state index >= 15 is 0 Å². The Morgan fingerprint density at radius 3 is 2.55 bits per heavy atom. The van der Waals surface area contributed by atoms with Crippen LogP contribution in [0.4, 0.5) is 0 Å². The minimum absolute atomic E-state index is 1.02. The van der Waals surface area contributed by atoms with Crippen LogP contribution >= 0.6 is 11.8 Å². The number of thioether (sulfide) groups is 1. The minimum Gasteiger partial charge on any atom is -0.341 e. The van der Waals surface area contributed by atoms with Crippen molar-refractivity contribution < 1.29 is 0 Å². The summed E-state index contributed by atoms with van der Waals surface area (Å²) >= 11 is 1.98. The molecule has 104 valence electrons. The number of hydrogen-bond acceptors (Lipinski definition) is 1. The Labute approximate surface area is 125 Å². The molecular formula is C18H21NS. The third-order valence-electron chi connectivity index (χ3n) is 3.83. The zero-order valence-electron chi connectivity index (χ0n) is 12.2. The van der Waals surface area contributed by atoms with E-state index in [1.165, 1.54) is 45.3 Å². The lowest BCUT2D eigenvalue weighted by Crippen LogP contribution is -1.92. The van der Waals surface area contributed by atoms with E-state index in [0.717, 1.165) is 6.54 Å². The average Bonchev–Trinajstić information content (AvgIpc) is 2.81. The highest BCUT2D eigenvalue weighted by molar-refractivity contribution is 7.99. The van der Waals surface area contributed by atoms with Crippen molar-refractivity contribution in [3.8, 4) is 0 Å². The Kier molecular flexibility index (Phi) is 4.02. The number of rotatable bonds is 5. The van der Waals surface area contributed by atoms with Crippen LogP contribution in [-0.2, 0) is 6.54 Å². The number of aryl methyl sites for hydroxylation is 1. The standard InChI is InChI=1S/C18H21NS/c1-3-5-12-20-14-10-11-18-16(13-14)15-8-6-7-9-17(15)19(18)4-2/h6-11,13H,3-5,12H2,1-2H3. The highest BCUT2D eigenvalue weighted by Crippen LogP contribution is 2.32. The molecule has 0 N–H and O–H groups in total. The molecule has 0 saturated heterocycles. The minimum atomic E-state index is 1.02. The molecule has 0 aliphatic heterocycles. The molecule has 0 aliphatic carbocycles. The van der Waals surface area contributed by atoms with E-state index in [2.05, 4.69) is 60.9 Å². The van der Waals surface area contributed by atoms with Gasteiger partial charge in [-0.3, -0.25) is 0 Å². The molecule has 3 rings (SSSR count). The molecule has 0 bridgehead atoms. The molecule has 20 heavy (non-hydrogen) atoms. The third-order valence-corrected chi connectivity index (χ3v) is 4.91. The van der Waals surface area contributed by atoms with E-state index in [-0.39, 0.29) is 0 Å². The monoisotopic (exact) mass is 283 g/mol. The van der Waals surface area contributed by atoms with Gasteiger partial charge in [0.05, 0.1) is 0 Å². The normalized spacial score (nSPS) is 11.5. The summed E-state index contributed by atoms with van der Waals surface area (Å²) in [6.07, 6.45) is 2.56. The fraction of sp³-hybridized carbons (Fsp3) is 0.333. The second-order valence-electron chi connectivity index (χ2n) is 5.14.